The average molecular weight is 422 g/mol. The van der Waals surface area contributed by atoms with E-state index in [1.807, 2.05) is 0 Å². The topological polar surface area (TPSA) is 86.7 Å². The Morgan fingerprint density at radius 1 is 1.03 bits per heavy atom. The minimum Gasteiger partial charge on any atom is -0.512 e. The predicted molar refractivity (Wildman–Crippen MR) is 96.9 cm³/mol. The number of rotatable bonds is 3. The summed E-state index contributed by atoms with van der Waals surface area (Å²) in [6.07, 6.45) is -5.49. The first-order valence-electron chi connectivity index (χ1n) is 8.49. The minimum atomic E-state index is -5.49. The van der Waals surface area contributed by atoms with E-state index in [-0.39, 0.29) is 16.2 Å². The van der Waals surface area contributed by atoms with Crippen LogP contribution in [0.4, 0.5) is 23.2 Å². The zero-order valence-electron chi connectivity index (χ0n) is 15.3. The van der Waals surface area contributed by atoms with Gasteiger partial charge < -0.3 is 10.4 Å². The van der Waals surface area contributed by atoms with Gasteiger partial charge in [-0.15, -0.1) is 0 Å². The van der Waals surface area contributed by atoms with Gasteiger partial charge in [-0.2, -0.15) is 13.2 Å². The summed E-state index contributed by atoms with van der Waals surface area (Å²) in [6.45, 7) is 0.805. The average Bonchev–Trinajstić information content (AvgIpc) is 2.90. The van der Waals surface area contributed by atoms with Crippen molar-refractivity contribution in [1.82, 2.24) is 5.32 Å². The number of anilines is 1. The largest absolute Gasteiger partial charge is 0.512 e. The van der Waals surface area contributed by atoms with E-state index in [2.05, 4.69) is 0 Å². The molecule has 10 heteroatoms. The van der Waals surface area contributed by atoms with Crippen molar-refractivity contribution in [1.29, 1.82) is 0 Å². The van der Waals surface area contributed by atoms with E-state index in [0.717, 1.165) is 31.2 Å². The summed E-state index contributed by atoms with van der Waals surface area (Å²) in [5.74, 6) is -6.43. The number of carbonyl (C=O) groups is 3. The van der Waals surface area contributed by atoms with E-state index >= 15 is 0 Å². The second-order valence-electron chi connectivity index (χ2n) is 6.45. The maximum Gasteiger partial charge on any atom is 0.425 e. The molecule has 1 atom stereocenters. The number of aliphatic hydroxyl groups excluding tert-OH is 1. The van der Waals surface area contributed by atoms with Crippen LogP contribution in [0.1, 0.15) is 17.3 Å². The van der Waals surface area contributed by atoms with Gasteiger partial charge in [0, 0.05) is 5.56 Å². The molecule has 1 fully saturated rings. The Balaban J connectivity index is 2.19. The zero-order chi connectivity index (χ0) is 22.3. The van der Waals surface area contributed by atoms with Crippen LogP contribution < -0.4 is 10.2 Å². The van der Waals surface area contributed by atoms with E-state index in [1.165, 1.54) is 30.3 Å². The fourth-order valence-corrected chi connectivity index (χ4v) is 3.17. The molecule has 1 aliphatic heterocycles. The normalized spacial score (nSPS) is 21.0. The molecule has 2 N–H and O–H groups in total. The third-order valence-corrected chi connectivity index (χ3v) is 4.52. The number of nitrogens with zero attached hydrogens (tertiary/aromatic N) is 1. The number of allylic oxidation sites excluding steroid dienone is 1. The summed E-state index contributed by atoms with van der Waals surface area (Å²) >= 11 is 0. The van der Waals surface area contributed by atoms with Gasteiger partial charge in [0.25, 0.3) is 23.3 Å². The Hall–Kier alpha value is -3.69. The number of alkyl halides is 3. The van der Waals surface area contributed by atoms with Crippen molar-refractivity contribution in [2.45, 2.75) is 18.6 Å². The van der Waals surface area contributed by atoms with Gasteiger partial charge in [-0.1, -0.05) is 18.2 Å². The maximum absolute atomic E-state index is 14.3. The lowest BCUT2D eigenvalue weighted by Crippen LogP contribution is -2.64. The van der Waals surface area contributed by atoms with Crippen LogP contribution in [0.5, 0.6) is 0 Å². The van der Waals surface area contributed by atoms with E-state index in [0.29, 0.717) is 0 Å². The second-order valence-corrected chi connectivity index (χ2v) is 6.45. The highest BCUT2D eigenvalue weighted by Gasteiger charge is 2.72. The standard InChI is InChI=1S/C20H14F4N2O4/c1-11(27)15-17(29)26(14-5-3-2-4-6-14)18(30)19(15,20(22,23)24)25-16(28)12-7-9-13(21)10-8-12/h2-10,27H,1H3,(H,25,28)/b15-11+. The maximum atomic E-state index is 14.3. The molecule has 0 saturated carbocycles. The summed E-state index contributed by atoms with van der Waals surface area (Å²) in [5.41, 5.74) is -5.70. The Kier molecular flexibility index (Phi) is 5.11. The first-order chi connectivity index (χ1) is 14.0. The van der Waals surface area contributed by atoms with Crippen molar-refractivity contribution in [2.75, 3.05) is 4.90 Å². The molecule has 0 bridgehead atoms. The zero-order valence-corrected chi connectivity index (χ0v) is 15.3. The summed E-state index contributed by atoms with van der Waals surface area (Å²) in [4.78, 5) is 38.5. The molecule has 2 aromatic carbocycles. The second kappa shape index (κ2) is 7.29. The van der Waals surface area contributed by atoms with Crippen LogP contribution in [0.25, 0.3) is 0 Å². The first kappa shape index (κ1) is 21.0. The molecule has 1 aliphatic rings. The number of para-hydroxylation sites is 1. The predicted octanol–water partition coefficient (Wildman–Crippen LogP) is 3.26. The number of aliphatic hydroxyl groups is 1. The molecule has 0 aliphatic carbocycles. The Morgan fingerprint density at radius 2 is 1.60 bits per heavy atom. The van der Waals surface area contributed by atoms with Gasteiger partial charge in [0.1, 0.15) is 11.6 Å². The van der Waals surface area contributed by atoms with Gasteiger partial charge >= 0.3 is 6.18 Å². The minimum absolute atomic E-state index is 0.173. The molecule has 3 amide bonds. The molecule has 30 heavy (non-hydrogen) atoms. The highest BCUT2D eigenvalue weighted by Crippen LogP contribution is 2.45. The smallest absolute Gasteiger partial charge is 0.425 e. The summed E-state index contributed by atoms with van der Waals surface area (Å²) in [6, 6.07) is 10.3. The molecule has 0 spiro atoms. The fraction of sp³-hybridized carbons (Fsp3) is 0.150. The van der Waals surface area contributed by atoms with Gasteiger partial charge in [-0.25, -0.2) is 9.29 Å². The molecule has 156 valence electrons. The monoisotopic (exact) mass is 422 g/mol. The summed E-state index contributed by atoms with van der Waals surface area (Å²) in [5, 5.41) is 11.5. The molecule has 1 heterocycles. The molecule has 2 aromatic rings. The number of halogens is 4. The number of nitrogens with one attached hydrogen (secondary N) is 1. The molecule has 1 unspecified atom stereocenters. The Morgan fingerprint density at radius 3 is 2.10 bits per heavy atom. The van der Waals surface area contributed by atoms with Crippen LogP contribution in [0.15, 0.2) is 65.9 Å². The molecule has 6 nitrogen and oxygen atoms in total. The molecule has 0 radical (unpaired) electrons. The van der Waals surface area contributed by atoms with Crippen LogP contribution >= 0.6 is 0 Å². The van der Waals surface area contributed by atoms with E-state index in [4.69, 9.17) is 0 Å². The Bertz CT molecular complexity index is 1040. The highest BCUT2D eigenvalue weighted by atomic mass is 19.4. The fourth-order valence-electron chi connectivity index (χ4n) is 3.17. The van der Waals surface area contributed by atoms with Crippen molar-refractivity contribution in [3.63, 3.8) is 0 Å². The molecular formula is C20H14F4N2O4. The number of benzene rings is 2. The van der Waals surface area contributed by atoms with Crippen LogP contribution in [-0.2, 0) is 9.59 Å². The summed E-state index contributed by atoms with van der Waals surface area (Å²) < 4.78 is 55.9. The number of hydrogen-bond acceptors (Lipinski definition) is 4. The van der Waals surface area contributed by atoms with Crippen molar-refractivity contribution in [3.05, 3.63) is 77.3 Å². The number of hydrogen-bond donors (Lipinski definition) is 2. The lowest BCUT2D eigenvalue weighted by molar-refractivity contribution is -0.184. The number of amides is 3. The van der Waals surface area contributed by atoms with Crippen molar-refractivity contribution in [3.8, 4) is 0 Å². The third-order valence-electron chi connectivity index (χ3n) is 4.52. The lowest BCUT2D eigenvalue weighted by Gasteiger charge is -2.31. The quantitative estimate of drug-likeness (QED) is 0.344. The lowest BCUT2D eigenvalue weighted by atomic mass is 9.89. The van der Waals surface area contributed by atoms with Gasteiger partial charge in [-0.3, -0.25) is 14.4 Å². The summed E-state index contributed by atoms with van der Waals surface area (Å²) in [7, 11) is 0. The van der Waals surface area contributed by atoms with Crippen LogP contribution in [0.2, 0.25) is 0 Å². The number of carbonyl (C=O) groups excluding carboxylic acids is 3. The van der Waals surface area contributed by atoms with E-state index in [9.17, 15) is 37.1 Å². The third kappa shape index (κ3) is 3.19. The first-order valence-corrected chi connectivity index (χ1v) is 8.49. The van der Waals surface area contributed by atoms with Gasteiger partial charge in [0.2, 0.25) is 0 Å². The van der Waals surface area contributed by atoms with Gasteiger partial charge in [-0.05, 0) is 43.3 Å². The van der Waals surface area contributed by atoms with E-state index < -0.39 is 46.6 Å². The molecule has 3 rings (SSSR count). The van der Waals surface area contributed by atoms with Crippen molar-refractivity contribution >= 4 is 23.4 Å². The molecular weight excluding hydrogens is 408 g/mol. The molecule has 1 saturated heterocycles. The van der Waals surface area contributed by atoms with Crippen LogP contribution in [-0.4, -0.2) is 34.5 Å². The van der Waals surface area contributed by atoms with Crippen LogP contribution in [0.3, 0.4) is 0 Å². The molecule has 0 aromatic heterocycles. The Labute approximate surface area is 167 Å². The highest BCUT2D eigenvalue weighted by molar-refractivity contribution is 6.34. The van der Waals surface area contributed by atoms with Crippen LogP contribution in [0, 0.1) is 5.82 Å². The van der Waals surface area contributed by atoms with Gasteiger partial charge in [0.05, 0.1) is 11.3 Å². The van der Waals surface area contributed by atoms with Crippen molar-refractivity contribution < 1.29 is 37.1 Å². The van der Waals surface area contributed by atoms with E-state index in [1.54, 1.807) is 5.32 Å². The SMILES string of the molecule is C/C(O)=C1/C(=O)N(c2ccccc2)C(=O)C1(NC(=O)c1ccc(F)cc1)C(F)(F)F. The van der Waals surface area contributed by atoms with Crippen molar-refractivity contribution in [2.24, 2.45) is 0 Å². The van der Waals surface area contributed by atoms with Gasteiger partial charge in [0.15, 0.2) is 0 Å². The number of imide groups is 1.